The molecule has 0 bridgehead atoms. The molecule has 0 saturated carbocycles. The largest absolute Gasteiger partial charge is 0.369 e. The summed E-state index contributed by atoms with van der Waals surface area (Å²) in [6, 6.07) is 8.40. The molecule has 0 aromatic heterocycles. The Kier molecular flexibility index (Phi) is 9.13. The topological polar surface area (TPSA) is 64.7 Å². The van der Waals surface area contributed by atoms with Crippen molar-refractivity contribution in [2.75, 3.05) is 36.4 Å². The molecule has 0 aliphatic rings. The number of nitrogens with one attached hydrogen (secondary N) is 2. The molecule has 2 N–H and O–H groups in total. The van der Waals surface area contributed by atoms with Crippen LogP contribution in [0.3, 0.4) is 0 Å². The van der Waals surface area contributed by atoms with E-state index in [1.807, 2.05) is 49.9 Å². The third kappa shape index (κ3) is 7.44. The van der Waals surface area contributed by atoms with Crippen LogP contribution >= 0.6 is 0 Å². The lowest BCUT2D eigenvalue weighted by Crippen LogP contribution is -2.42. The highest BCUT2D eigenvalue weighted by Gasteiger charge is 2.14. The van der Waals surface area contributed by atoms with Gasteiger partial charge in [0.2, 0.25) is 11.8 Å². The highest BCUT2D eigenvalue weighted by molar-refractivity contribution is 5.92. The van der Waals surface area contributed by atoms with Crippen LogP contribution in [-0.4, -0.2) is 55.0 Å². The molecule has 0 heterocycles. The fourth-order valence-corrected chi connectivity index (χ4v) is 2.84. The van der Waals surface area contributed by atoms with Gasteiger partial charge in [-0.3, -0.25) is 14.5 Å². The Hall–Kier alpha value is -2.08. The molecular weight excluding hydrogens is 328 g/mol. The van der Waals surface area contributed by atoms with Crippen molar-refractivity contribution in [3.05, 3.63) is 24.3 Å². The summed E-state index contributed by atoms with van der Waals surface area (Å²) in [5.41, 5.74) is 1.90. The molecule has 26 heavy (non-hydrogen) atoms. The minimum Gasteiger partial charge on any atom is -0.369 e. The molecule has 0 radical (unpaired) electrons. The minimum absolute atomic E-state index is 0.0626. The number of hydrogen-bond acceptors (Lipinski definition) is 4. The van der Waals surface area contributed by atoms with E-state index in [0.29, 0.717) is 12.6 Å². The van der Waals surface area contributed by atoms with Gasteiger partial charge in [-0.15, -0.1) is 0 Å². The van der Waals surface area contributed by atoms with E-state index in [1.165, 1.54) is 0 Å². The van der Waals surface area contributed by atoms with Crippen LogP contribution in [0.25, 0.3) is 0 Å². The summed E-state index contributed by atoms with van der Waals surface area (Å²) in [6.45, 7) is 14.2. The zero-order chi connectivity index (χ0) is 19.7. The van der Waals surface area contributed by atoms with Crippen molar-refractivity contribution in [2.24, 2.45) is 0 Å². The Bertz CT molecular complexity index is 570. The summed E-state index contributed by atoms with van der Waals surface area (Å²) in [5.74, 6) is -0.180. The number of likely N-dealkylation sites (N-methyl/N-ethyl adjacent to an activating group) is 1. The molecule has 0 atom stereocenters. The maximum atomic E-state index is 12.3. The lowest BCUT2D eigenvalue weighted by molar-refractivity contribution is -0.123. The molecule has 0 saturated heterocycles. The van der Waals surface area contributed by atoms with Crippen LogP contribution in [0.15, 0.2) is 24.3 Å². The number of nitrogens with zero attached hydrogens (tertiary/aromatic N) is 2. The van der Waals surface area contributed by atoms with Gasteiger partial charge in [0.15, 0.2) is 0 Å². The van der Waals surface area contributed by atoms with Gasteiger partial charge in [0.25, 0.3) is 0 Å². The number of anilines is 2. The van der Waals surface area contributed by atoms with E-state index in [2.05, 4.69) is 36.3 Å². The monoisotopic (exact) mass is 362 g/mol. The fourth-order valence-electron chi connectivity index (χ4n) is 2.84. The van der Waals surface area contributed by atoms with Crippen molar-refractivity contribution < 1.29 is 9.59 Å². The predicted molar refractivity (Wildman–Crippen MR) is 109 cm³/mol. The average Bonchev–Trinajstić information content (AvgIpc) is 2.55. The van der Waals surface area contributed by atoms with Gasteiger partial charge < -0.3 is 15.5 Å². The molecule has 1 rings (SSSR count). The van der Waals surface area contributed by atoms with E-state index in [-0.39, 0.29) is 30.9 Å². The Morgan fingerprint density at radius 2 is 1.50 bits per heavy atom. The maximum absolute atomic E-state index is 12.3. The van der Waals surface area contributed by atoms with Crippen molar-refractivity contribution in [1.29, 1.82) is 0 Å². The van der Waals surface area contributed by atoms with E-state index >= 15 is 0 Å². The molecule has 0 fully saturated rings. The van der Waals surface area contributed by atoms with E-state index in [0.717, 1.165) is 17.9 Å². The number of carbonyl (C=O) groups is 2. The number of hydrogen-bond donors (Lipinski definition) is 2. The smallest absolute Gasteiger partial charge is 0.238 e. The molecule has 1 aromatic carbocycles. The molecule has 0 spiro atoms. The highest BCUT2D eigenvalue weighted by Crippen LogP contribution is 2.19. The predicted octanol–water partition coefficient (Wildman–Crippen LogP) is 2.71. The Labute approximate surface area is 157 Å². The summed E-state index contributed by atoms with van der Waals surface area (Å²) in [6.07, 6.45) is 0. The molecule has 1 aromatic rings. The molecule has 0 aliphatic heterocycles. The normalized spacial score (nSPS) is 11.1. The number of rotatable bonds is 10. The van der Waals surface area contributed by atoms with Crippen molar-refractivity contribution in [3.63, 3.8) is 0 Å². The van der Waals surface area contributed by atoms with Gasteiger partial charge >= 0.3 is 0 Å². The molecular formula is C20H34N4O2. The Morgan fingerprint density at radius 1 is 0.923 bits per heavy atom. The van der Waals surface area contributed by atoms with E-state index < -0.39 is 0 Å². The zero-order valence-corrected chi connectivity index (χ0v) is 17.0. The van der Waals surface area contributed by atoms with Crippen LogP contribution in [-0.2, 0) is 9.59 Å². The second-order valence-corrected chi connectivity index (χ2v) is 7.00. The summed E-state index contributed by atoms with van der Waals surface area (Å²) >= 11 is 0. The quantitative estimate of drug-likeness (QED) is 0.672. The number of amides is 2. The maximum Gasteiger partial charge on any atom is 0.238 e. The van der Waals surface area contributed by atoms with Gasteiger partial charge in [0.1, 0.15) is 0 Å². The molecule has 2 amide bonds. The van der Waals surface area contributed by atoms with E-state index in [9.17, 15) is 9.59 Å². The third-order valence-electron chi connectivity index (χ3n) is 4.08. The summed E-state index contributed by atoms with van der Waals surface area (Å²) in [5, 5.41) is 5.75. The highest BCUT2D eigenvalue weighted by atomic mass is 16.2. The first-order valence-electron chi connectivity index (χ1n) is 9.45. The average molecular weight is 363 g/mol. The van der Waals surface area contributed by atoms with Crippen LogP contribution < -0.4 is 15.5 Å². The Balaban J connectivity index is 2.59. The van der Waals surface area contributed by atoms with Crippen LogP contribution in [0.4, 0.5) is 11.4 Å². The van der Waals surface area contributed by atoms with Gasteiger partial charge in [-0.2, -0.15) is 0 Å². The first kappa shape index (κ1) is 22.0. The molecule has 0 unspecified atom stereocenters. The minimum atomic E-state index is -0.117. The van der Waals surface area contributed by atoms with Crippen LogP contribution in [0.2, 0.25) is 0 Å². The Morgan fingerprint density at radius 3 is 1.96 bits per heavy atom. The van der Waals surface area contributed by atoms with Gasteiger partial charge in [-0.25, -0.2) is 0 Å². The van der Waals surface area contributed by atoms with Gasteiger partial charge in [-0.1, -0.05) is 6.92 Å². The van der Waals surface area contributed by atoms with Crippen molar-refractivity contribution in [1.82, 2.24) is 10.2 Å². The van der Waals surface area contributed by atoms with Crippen molar-refractivity contribution >= 4 is 23.2 Å². The summed E-state index contributed by atoms with van der Waals surface area (Å²) in [7, 11) is 0. The second kappa shape index (κ2) is 10.8. The first-order chi connectivity index (χ1) is 12.3. The fraction of sp³-hybridized carbons (Fsp3) is 0.600. The van der Waals surface area contributed by atoms with Crippen molar-refractivity contribution in [3.8, 4) is 0 Å². The lowest BCUT2D eigenvalue weighted by atomic mass is 10.2. The molecule has 6 heteroatoms. The number of carbonyl (C=O) groups excluding carboxylic acids is 2. The second-order valence-electron chi connectivity index (χ2n) is 7.00. The standard InChI is InChI=1S/C20H34N4O2/c1-7-23(13-19(25)21-15(3)4)14-20(26)22-17-9-11-18(12-10-17)24(8-2)16(5)6/h9-12,15-16H,7-8,13-14H2,1-6H3,(H,21,25)(H,22,26). The van der Waals surface area contributed by atoms with Crippen LogP contribution in [0.5, 0.6) is 0 Å². The first-order valence-corrected chi connectivity index (χ1v) is 9.45. The van der Waals surface area contributed by atoms with Crippen LogP contribution in [0.1, 0.15) is 41.5 Å². The third-order valence-corrected chi connectivity index (χ3v) is 4.08. The SMILES string of the molecule is CCN(CC(=O)Nc1ccc(N(CC)C(C)C)cc1)CC(=O)NC(C)C. The molecule has 0 aliphatic carbocycles. The zero-order valence-electron chi connectivity index (χ0n) is 17.0. The van der Waals surface area contributed by atoms with Crippen LogP contribution in [0, 0.1) is 0 Å². The summed E-state index contributed by atoms with van der Waals surface area (Å²) < 4.78 is 0. The number of benzene rings is 1. The molecule has 146 valence electrons. The van der Waals surface area contributed by atoms with Gasteiger partial charge in [0.05, 0.1) is 13.1 Å². The van der Waals surface area contributed by atoms with E-state index in [4.69, 9.17) is 0 Å². The molecule has 6 nitrogen and oxygen atoms in total. The van der Waals surface area contributed by atoms with Gasteiger partial charge in [0, 0.05) is 30.0 Å². The summed E-state index contributed by atoms with van der Waals surface area (Å²) in [4.78, 5) is 28.2. The lowest BCUT2D eigenvalue weighted by Gasteiger charge is -2.27. The van der Waals surface area contributed by atoms with E-state index in [1.54, 1.807) is 0 Å². The van der Waals surface area contributed by atoms with Gasteiger partial charge in [-0.05, 0) is 65.4 Å². The van der Waals surface area contributed by atoms with Crippen molar-refractivity contribution in [2.45, 2.75) is 53.6 Å².